The number of nitrogens with two attached hydrogens (primary N) is 1. The molecule has 0 atom stereocenters. The number of carbonyl (C=O) groups is 2. The highest BCUT2D eigenvalue weighted by atomic mass is 127. The van der Waals surface area contributed by atoms with Gasteiger partial charge in [0.1, 0.15) is 5.69 Å². The first-order valence-corrected chi connectivity index (χ1v) is 6.30. The third kappa shape index (κ3) is 2.59. The molecule has 0 aliphatic heterocycles. The summed E-state index contributed by atoms with van der Waals surface area (Å²) in [4.78, 5) is 23.3. The number of hydrogen-bond donors (Lipinski definition) is 2. The summed E-state index contributed by atoms with van der Waals surface area (Å²) in [5, 5.41) is 10.5. The van der Waals surface area contributed by atoms with Crippen LogP contribution in [0.2, 0.25) is 0 Å². The van der Waals surface area contributed by atoms with Crippen molar-refractivity contribution < 1.29 is 9.59 Å². The lowest BCUT2D eigenvalue weighted by Crippen LogP contribution is -2.20. The lowest BCUT2D eigenvalue weighted by Gasteiger charge is -2.03. The number of nitrogens with zero attached hydrogens (tertiary/aromatic N) is 4. The van der Waals surface area contributed by atoms with E-state index in [4.69, 9.17) is 5.73 Å². The Bertz CT molecular complexity index is 659. The van der Waals surface area contributed by atoms with Crippen LogP contribution >= 0.6 is 22.6 Å². The average molecular weight is 374 g/mol. The molecule has 2 rings (SSSR count). The summed E-state index contributed by atoms with van der Waals surface area (Å²) in [7, 11) is 3.29. The highest BCUT2D eigenvalue weighted by Crippen LogP contribution is 2.16. The van der Waals surface area contributed by atoms with Gasteiger partial charge in [0, 0.05) is 20.3 Å². The van der Waals surface area contributed by atoms with Crippen molar-refractivity contribution in [3.05, 3.63) is 27.4 Å². The molecule has 9 heteroatoms. The van der Waals surface area contributed by atoms with Crippen molar-refractivity contribution in [1.82, 2.24) is 19.6 Å². The second-order valence-corrected chi connectivity index (χ2v) is 5.01. The van der Waals surface area contributed by atoms with Gasteiger partial charge >= 0.3 is 0 Å². The molecule has 0 aliphatic carbocycles. The van der Waals surface area contributed by atoms with Crippen LogP contribution in [0.25, 0.3) is 0 Å². The minimum absolute atomic E-state index is 0.138. The summed E-state index contributed by atoms with van der Waals surface area (Å²) in [5.41, 5.74) is 5.92. The molecule has 8 nitrogen and oxygen atoms in total. The monoisotopic (exact) mass is 374 g/mol. The second kappa shape index (κ2) is 4.99. The van der Waals surface area contributed by atoms with Crippen molar-refractivity contribution in [2.24, 2.45) is 19.8 Å². The van der Waals surface area contributed by atoms with Gasteiger partial charge in [0.15, 0.2) is 5.69 Å². The SMILES string of the molecule is Cn1cc(I)c(C(=O)Nc2cnn(C)c2C(N)=O)n1. The molecule has 0 bridgehead atoms. The molecule has 2 aromatic rings. The molecule has 0 saturated carbocycles. The van der Waals surface area contributed by atoms with Gasteiger partial charge in [-0.2, -0.15) is 10.2 Å². The molecule has 19 heavy (non-hydrogen) atoms. The Kier molecular flexibility index (Phi) is 3.55. The standard InChI is InChI=1S/C10H11IN6O2/c1-16-4-5(11)7(15-16)10(19)14-6-3-13-17(2)8(6)9(12)18/h3-4H,1-2H3,(H2,12,18)(H,14,19). The van der Waals surface area contributed by atoms with Crippen molar-refractivity contribution >= 4 is 40.1 Å². The zero-order valence-corrected chi connectivity index (χ0v) is 12.4. The predicted octanol–water partition coefficient (Wildman–Crippen LogP) is 0.109. The average Bonchev–Trinajstić information content (AvgIpc) is 2.82. The van der Waals surface area contributed by atoms with Crippen LogP contribution in [0.3, 0.4) is 0 Å². The van der Waals surface area contributed by atoms with Crippen LogP contribution in [-0.4, -0.2) is 31.4 Å². The predicted molar refractivity (Wildman–Crippen MR) is 75.6 cm³/mol. The van der Waals surface area contributed by atoms with Crippen LogP contribution in [-0.2, 0) is 14.1 Å². The summed E-state index contributed by atoms with van der Waals surface area (Å²) in [6.45, 7) is 0. The first-order chi connectivity index (χ1) is 8.90. The van der Waals surface area contributed by atoms with Gasteiger partial charge in [0.2, 0.25) is 0 Å². The number of rotatable bonds is 3. The molecular weight excluding hydrogens is 363 g/mol. The summed E-state index contributed by atoms with van der Waals surface area (Å²) in [6, 6.07) is 0. The van der Waals surface area contributed by atoms with Gasteiger partial charge in [-0.25, -0.2) is 0 Å². The van der Waals surface area contributed by atoms with Gasteiger partial charge in [-0.05, 0) is 22.6 Å². The van der Waals surface area contributed by atoms with Gasteiger partial charge in [-0.3, -0.25) is 19.0 Å². The lowest BCUT2D eigenvalue weighted by molar-refractivity contribution is 0.0992. The Morgan fingerprint density at radius 2 is 2.11 bits per heavy atom. The first kappa shape index (κ1) is 13.5. The fourth-order valence-corrected chi connectivity index (χ4v) is 2.37. The Labute approximate surface area is 122 Å². The fraction of sp³-hybridized carbons (Fsp3) is 0.200. The number of carbonyl (C=O) groups excluding carboxylic acids is 2. The van der Waals surface area contributed by atoms with Crippen LogP contribution in [0.15, 0.2) is 12.4 Å². The molecule has 2 aromatic heterocycles. The molecule has 0 unspecified atom stereocenters. The summed E-state index contributed by atoms with van der Waals surface area (Å²) in [5.74, 6) is -1.08. The Balaban J connectivity index is 2.29. The van der Waals surface area contributed by atoms with Gasteiger partial charge in [-0.1, -0.05) is 0 Å². The minimum Gasteiger partial charge on any atom is -0.364 e. The highest BCUT2D eigenvalue weighted by Gasteiger charge is 2.19. The van der Waals surface area contributed by atoms with E-state index >= 15 is 0 Å². The quantitative estimate of drug-likeness (QED) is 0.744. The van der Waals surface area contributed by atoms with Crippen molar-refractivity contribution in [2.75, 3.05) is 5.32 Å². The molecule has 0 radical (unpaired) electrons. The number of primary amides is 1. The van der Waals surface area contributed by atoms with E-state index in [0.29, 0.717) is 3.57 Å². The van der Waals surface area contributed by atoms with Crippen LogP contribution in [0.1, 0.15) is 21.0 Å². The van der Waals surface area contributed by atoms with Crippen molar-refractivity contribution in [1.29, 1.82) is 0 Å². The number of anilines is 1. The van der Waals surface area contributed by atoms with E-state index < -0.39 is 11.8 Å². The maximum atomic E-state index is 12.1. The van der Waals surface area contributed by atoms with Crippen molar-refractivity contribution in [3.63, 3.8) is 0 Å². The summed E-state index contributed by atoms with van der Waals surface area (Å²) >= 11 is 2.01. The number of amides is 2. The maximum absolute atomic E-state index is 12.1. The molecule has 0 spiro atoms. The van der Waals surface area contributed by atoms with Gasteiger partial charge < -0.3 is 11.1 Å². The fourth-order valence-electron chi connectivity index (χ4n) is 1.62. The molecule has 0 saturated heterocycles. The van der Waals surface area contributed by atoms with Gasteiger partial charge in [0.25, 0.3) is 11.8 Å². The van der Waals surface area contributed by atoms with E-state index in [9.17, 15) is 9.59 Å². The van der Waals surface area contributed by atoms with E-state index in [1.54, 1.807) is 20.3 Å². The molecule has 2 amide bonds. The molecule has 0 fully saturated rings. The van der Waals surface area contributed by atoms with Crippen LogP contribution in [0.4, 0.5) is 5.69 Å². The Morgan fingerprint density at radius 1 is 1.42 bits per heavy atom. The van der Waals surface area contributed by atoms with Crippen molar-refractivity contribution in [2.45, 2.75) is 0 Å². The van der Waals surface area contributed by atoms with E-state index in [0.717, 1.165) is 0 Å². The number of aromatic nitrogens is 4. The third-order valence-corrected chi connectivity index (χ3v) is 3.21. The zero-order valence-electron chi connectivity index (χ0n) is 10.2. The largest absolute Gasteiger partial charge is 0.364 e. The Hall–Kier alpha value is -1.91. The van der Waals surface area contributed by atoms with E-state index in [-0.39, 0.29) is 17.1 Å². The molecule has 100 valence electrons. The topological polar surface area (TPSA) is 108 Å². The maximum Gasteiger partial charge on any atom is 0.277 e. The number of aryl methyl sites for hydroxylation is 2. The normalized spacial score (nSPS) is 10.5. The Morgan fingerprint density at radius 3 is 2.63 bits per heavy atom. The highest BCUT2D eigenvalue weighted by molar-refractivity contribution is 14.1. The van der Waals surface area contributed by atoms with Crippen LogP contribution in [0, 0.1) is 3.57 Å². The van der Waals surface area contributed by atoms with E-state index in [2.05, 4.69) is 15.5 Å². The van der Waals surface area contributed by atoms with Crippen LogP contribution in [0.5, 0.6) is 0 Å². The van der Waals surface area contributed by atoms with Gasteiger partial charge in [0.05, 0.1) is 15.5 Å². The van der Waals surface area contributed by atoms with E-state index in [1.165, 1.54) is 15.6 Å². The molecule has 0 aromatic carbocycles. The van der Waals surface area contributed by atoms with Gasteiger partial charge in [-0.15, -0.1) is 0 Å². The second-order valence-electron chi connectivity index (χ2n) is 3.85. The summed E-state index contributed by atoms with van der Waals surface area (Å²) in [6.07, 6.45) is 3.08. The molecule has 3 N–H and O–H groups in total. The number of hydrogen-bond acceptors (Lipinski definition) is 4. The zero-order chi connectivity index (χ0) is 14.2. The molecular formula is C10H11IN6O2. The van der Waals surface area contributed by atoms with Crippen molar-refractivity contribution in [3.8, 4) is 0 Å². The molecule has 0 aliphatic rings. The number of halogens is 1. The number of nitrogens with one attached hydrogen (secondary N) is 1. The third-order valence-electron chi connectivity index (χ3n) is 2.42. The molecule has 2 heterocycles. The smallest absolute Gasteiger partial charge is 0.277 e. The van der Waals surface area contributed by atoms with E-state index in [1.807, 2.05) is 22.6 Å². The first-order valence-electron chi connectivity index (χ1n) is 5.22. The summed E-state index contributed by atoms with van der Waals surface area (Å²) < 4.78 is 3.55. The van der Waals surface area contributed by atoms with Crippen LogP contribution < -0.4 is 11.1 Å². The minimum atomic E-state index is -0.661. The lowest BCUT2D eigenvalue weighted by atomic mass is 10.3.